The molecule has 0 atom stereocenters. The Bertz CT molecular complexity index is 3890. The Kier molecular flexibility index (Phi) is 2.38. The minimum absolute atomic E-state index is 0.176. The van der Waals surface area contributed by atoms with Crippen LogP contribution in [0.4, 0.5) is 0 Å². The molecule has 8 aromatic carbocycles. The van der Waals surface area contributed by atoms with Crippen LogP contribution in [0, 0.1) is 0 Å². The normalized spacial score (nSPS) is 20.0. The van der Waals surface area contributed by atoms with E-state index in [1.165, 1.54) is 0 Å². The summed E-state index contributed by atoms with van der Waals surface area (Å²) in [4.78, 5) is 0. The molecular weight excluding hydrogens is 544 g/mol. The fourth-order valence-corrected chi connectivity index (χ4v) is 5.15. The van der Waals surface area contributed by atoms with E-state index in [0.717, 1.165) is 6.07 Å². The van der Waals surface area contributed by atoms with E-state index in [0.29, 0.717) is 0 Å². The van der Waals surface area contributed by atoms with Gasteiger partial charge in [0.2, 0.25) is 0 Å². The number of fused-ring (bicyclic) bond motifs is 5. The van der Waals surface area contributed by atoms with Crippen molar-refractivity contribution in [1.29, 1.82) is 0 Å². The summed E-state index contributed by atoms with van der Waals surface area (Å²) in [7, 11) is 0. The van der Waals surface area contributed by atoms with Gasteiger partial charge >= 0.3 is 0 Å². The molecule has 0 aliphatic carbocycles. The molecule has 0 unspecified atom stereocenters. The summed E-state index contributed by atoms with van der Waals surface area (Å²) in [6.45, 7) is 0. The Hall–Kier alpha value is -5.92. The Morgan fingerprint density at radius 1 is 0.311 bits per heavy atom. The van der Waals surface area contributed by atoms with Crippen LogP contribution in [0.25, 0.3) is 88.0 Å². The van der Waals surface area contributed by atoms with Crippen molar-refractivity contribution in [3.63, 3.8) is 0 Å². The maximum absolute atomic E-state index is 9.48. The molecule has 1 heteroatoms. The van der Waals surface area contributed by atoms with Gasteiger partial charge in [0.1, 0.15) is 11.2 Å². The number of benzene rings is 8. The van der Waals surface area contributed by atoms with E-state index in [9.17, 15) is 9.60 Å². The second-order valence-electron chi connectivity index (χ2n) is 9.59. The van der Waals surface area contributed by atoms with Crippen molar-refractivity contribution in [2.75, 3.05) is 0 Å². The average Bonchev–Trinajstić information content (AvgIpc) is 3.74. The Balaban J connectivity index is 1.42. The van der Waals surface area contributed by atoms with E-state index >= 15 is 0 Å². The zero-order chi connectivity index (χ0) is 53.2. The van der Waals surface area contributed by atoms with Gasteiger partial charge in [-0.2, -0.15) is 0 Å². The molecule has 210 valence electrons. The quantitative estimate of drug-likeness (QED) is 0.183. The van der Waals surface area contributed by atoms with E-state index < -0.39 is 240 Å². The molecule has 0 aliphatic heterocycles. The maximum atomic E-state index is 9.48. The molecule has 45 heavy (non-hydrogen) atoms. The second kappa shape index (κ2) is 10.4. The molecule has 0 fully saturated rings. The summed E-state index contributed by atoms with van der Waals surface area (Å²) in [5.41, 5.74) is -6.43. The van der Waals surface area contributed by atoms with Crippen LogP contribution in [0.5, 0.6) is 0 Å². The minimum Gasteiger partial charge on any atom is -0.456 e. The predicted molar refractivity (Wildman–Crippen MR) is 190 cm³/mol. The molecule has 0 spiro atoms. The molecule has 0 saturated carbocycles. The molecule has 0 saturated heterocycles. The minimum atomic E-state index is -1.06. The molecule has 0 aliphatic rings. The maximum Gasteiger partial charge on any atom is 0.136 e. The summed E-state index contributed by atoms with van der Waals surface area (Å²) < 4.78 is 245. The van der Waals surface area contributed by atoms with E-state index in [1.54, 1.807) is 0 Å². The first-order chi connectivity index (χ1) is 33.6. The van der Waals surface area contributed by atoms with E-state index in [4.69, 9.17) is 31.8 Å². The lowest BCUT2D eigenvalue weighted by Gasteiger charge is -2.18. The summed E-state index contributed by atoms with van der Waals surface area (Å²) in [6, 6.07) is -22.7. The summed E-state index contributed by atoms with van der Waals surface area (Å²) in [5, 5.41) is -3.24. The molecule has 1 nitrogen and oxygen atoms in total. The third kappa shape index (κ3) is 4.24. The van der Waals surface area contributed by atoms with Crippen LogP contribution in [0.15, 0.2) is 174 Å². The van der Waals surface area contributed by atoms with Crippen LogP contribution in [0.1, 0.15) is 37.0 Å². The molecule has 9 aromatic rings. The largest absolute Gasteiger partial charge is 0.456 e. The van der Waals surface area contributed by atoms with Crippen LogP contribution in [-0.2, 0) is 0 Å². The van der Waals surface area contributed by atoms with Crippen molar-refractivity contribution in [2.24, 2.45) is 0 Å². The zero-order valence-corrected chi connectivity index (χ0v) is 22.5. The summed E-state index contributed by atoms with van der Waals surface area (Å²) in [6.07, 6.45) is 0. The lowest BCUT2D eigenvalue weighted by Crippen LogP contribution is -1.90. The first-order valence-electron chi connectivity index (χ1n) is 26.7. The number of furan rings is 1. The van der Waals surface area contributed by atoms with Gasteiger partial charge in [0.05, 0.1) is 37.0 Å². The van der Waals surface area contributed by atoms with E-state index in [-0.39, 0.29) is 10.8 Å². The Morgan fingerprint density at radius 3 is 1.29 bits per heavy atom. The van der Waals surface area contributed by atoms with Gasteiger partial charge in [0, 0.05) is 10.8 Å². The van der Waals surface area contributed by atoms with Crippen molar-refractivity contribution in [2.45, 2.75) is 0 Å². The fourth-order valence-electron chi connectivity index (χ4n) is 5.15. The molecule has 1 heterocycles. The Labute approximate surface area is 299 Å². The molecule has 1 aromatic heterocycles. The van der Waals surface area contributed by atoms with Crippen molar-refractivity contribution >= 4 is 43.5 Å². The van der Waals surface area contributed by atoms with E-state index in [2.05, 4.69) is 0 Å². The highest BCUT2D eigenvalue weighted by molar-refractivity contribution is 6.21. The van der Waals surface area contributed by atoms with Gasteiger partial charge in [0.15, 0.2) is 0 Å². The van der Waals surface area contributed by atoms with Crippen molar-refractivity contribution in [3.8, 4) is 44.5 Å². The lowest BCUT2D eigenvalue weighted by molar-refractivity contribution is 0.669. The van der Waals surface area contributed by atoms with Crippen LogP contribution in [0.3, 0.4) is 0 Å². The second-order valence-corrected chi connectivity index (χ2v) is 9.59. The number of hydrogen-bond donors (Lipinski definition) is 0. The van der Waals surface area contributed by atoms with Gasteiger partial charge in [0.25, 0.3) is 0 Å². The zero-order valence-electron chi connectivity index (χ0n) is 49.5. The first-order valence-corrected chi connectivity index (χ1v) is 13.2. The van der Waals surface area contributed by atoms with Crippen molar-refractivity contribution < 1.29 is 41.4 Å². The molecule has 0 N–H and O–H groups in total. The first kappa shape index (κ1) is 10.3. The highest BCUT2D eigenvalue weighted by Gasteiger charge is 2.16. The van der Waals surface area contributed by atoms with Crippen molar-refractivity contribution in [3.05, 3.63) is 169 Å². The van der Waals surface area contributed by atoms with Crippen LogP contribution in [0.2, 0.25) is 0 Å². The van der Waals surface area contributed by atoms with Crippen LogP contribution >= 0.6 is 0 Å². The Morgan fingerprint density at radius 2 is 0.711 bits per heavy atom. The lowest BCUT2D eigenvalue weighted by atomic mass is 9.86. The monoisotopic (exact) mass is 599 g/mol. The third-order valence-corrected chi connectivity index (χ3v) is 7.10. The fraction of sp³-hybridized carbons (Fsp3) is 0. The average molecular weight is 600 g/mol. The van der Waals surface area contributed by atoms with Gasteiger partial charge in [-0.1, -0.05) is 145 Å². The number of hydrogen-bond acceptors (Lipinski definition) is 1. The molecule has 0 amide bonds. The SMILES string of the molecule is [2H]c1cc2c(oc3c([2H])c(-c4c([2H])c([2H])c(-c5c6c([2H])c([2H])c([2H])c([2H])c6c(-c6c([2H])c([2H])c([2H])c([2H])c6[2H])c6c([2H])c([2H])c([2H])c([2H])c56)c([2H])c4[2H])c([2H])c([2H])c32)c([2H])c1-c1c([2H])c([2H])c([2H])c([2H])c1[2H]. The summed E-state index contributed by atoms with van der Waals surface area (Å²) >= 11 is 0. The highest BCUT2D eigenvalue weighted by atomic mass is 16.3. The predicted octanol–water partition coefficient (Wildman–Crippen LogP) is 12.6. The molecule has 0 radical (unpaired) electrons. The molecule has 9 rings (SSSR count). The van der Waals surface area contributed by atoms with Gasteiger partial charge in [-0.15, -0.1) is 0 Å². The van der Waals surface area contributed by atoms with Gasteiger partial charge in [-0.25, -0.2) is 0 Å². The van der Waals surface area contributed by atoms with E-state index in [1.807, 2.05) is 0 Å². The molecule has 0 bridgehead atoms. The van der Waals surface area contributed by atoms with Gasteiger partial charge in [-0.05, 0) is 90.2 Å². The number of rotatable bonds is 4. The van der Waals surface area contributed by atoms with Crippen molar-refractivity contribution in [1.82, 2.24) is 0 Å². The third-order valence-electron chi connectivity index (χ3n) is 7.10. The van der Waals surface area contributed by atoms with Crippen LogP contribution in [-0.4, -0.2) is 0 Å². The van der Waals surface area contributed by atoms with Gasteiger partial charge in [-0.3, -0.25) is 0 Å². The summed E-state index contributed by atoms with van der Waals surface area (Å²) in [5.74, 6) is 0. The smallest absolute Gasteiger partial charge is 0.136 e. The van der Waals surface area contributed by atoms with Gasteiger partial charge < -0.3 is 4.42 Å². The highest BCUT2D eigenvalue weighted by Crippen LogP contribution is 2.44. The van der Waals surface area contributed by atoms with Crippen LogP contribution < -0.4 is 0 Å². The molecular formula is C44H28O. The topological polar surface area (TPSA) is 13.1 Å². The standard InChI is InChI=1S/C44H28O/c1-3-11-29(12-4-1)33-23-25-35-36-26-24-34(28-42(36)45-41(35)27-33)30-19-21-32(22-20-30)44-39-17-9-7-15-37(39)43(31-13-5-2-6-14-31)38-16-8-10-18-40(38)44/h1-28H/i1D,2D,3D,4D,5D,6D,7D,8D,9D,10D,11D,12D,13D,14D,15D,16D,17D,18D,19D,20D,21D,22D,23D,24D,26D,27D,28D.